The van der Waals surface area contributed by atoms with Gasteiger partial charge in [0.25, 0.3) is 11.8 Å². The molecule has 1 aromatic heterocycles. The first-order valence-corrected chi connectivity index (χ1v) is 11.1. The zero-order valence-electron chi connectivity index (χ0n) is 19.7. The Morgan fingerprint density at radius 1 is 0.971 bits per heavy atom. The van der Waals surface area contributed by atoms with E-state index in [0.29, 0.717) is 28.5 Å². The van der Waals surface area contributed by atoms with Crippen molar-refractivity contribution in [3.8, 4) is 5.75 Å². The number of anilines is 3. The van der Waals surface area contributed by atoms with Gasteiger partial charge in [0.2, 0.25) is 5.91 Å². The molecule has 3 amide bonds. The van der Waals surface area contributed by atoms with Crippen molar-refractivity contribution in [1.82, 2.24) is 4.98 Å². The van der Waals surface area contributed by atoms with Crippen LogP contribution in [0.2, 0.25) is 0 Å². The molecule has 4 rings (SSSR count). The summed E-state index contributed by atoms with van der Waals surface area (Å²) >= 11 is 0. The molecule has 3 aromatic rings. The van der Waals surface area contributed by atoms with Gasteiger partial charge in [-0.05, 0) is 47.9 Å². The lowest BCUT2D eigenvalue weighted by Gasteiger charge is -2.45. The molecule has 2 atom stereocenters. The Hall–Kier alpha value is -4.24. The molecule has 0 saturated carbocycles. The monoisotopic (exact) mass is 473 g/mol. The van der Waals surface area contributed by atoms with Crippen molar-refractivity contribution in [1.29, 1.82) is 0 Å². The number of rotatable bonds is 6. The number of amides is 3. The van der Waals surface area contributed by atoms with Crippen molar-refractivity contribution in [2.75, 3.05) is 16.9 Å². The Balaban J connectivity index is 2.05. The minimum atomic E-state index is -1.66. The van der Waals surface area contributed by atoms with E-state index in [1.54, 1.807) is 86.8 Å². The third-order valence-corrected chi connectivity index (χ3v) is 6.31. The van der Waals surface area contributed by atoms with Gasteiger partial charge in [-0.25, -0.2) is 4.98 Å². The predicted octanol–water partition coefficient (Wildman–Crippen LogP) is 2.47. The summed E-state index contributed by atoms with van der Waals surface area (Å²) in [4.78, 5) is 47.7. The van der Waals surface area contributed by atoms with Crippen molar-refractivity contribution in [3.05, 3.63) is 78.5 Å². The molecular weight excluding hydrogens is 446 g/mol. The number of hydrogen-bond acceptors (Lipinski definition) is 6. The molecule has 4 N–H and O–H groups in total. The highest BCUT2D eigenvalue weighted by molar-refractivity contribution is 6.24. The first-order valence-electron chi connectivity index (χ1n) is 11.1. The fourth-order valence-corrected chi connectivity index (χ4v) is 4.65. The van der Waals surface area contributed by atoms with Gasteiger partial charge in [-0.15, -0.1) is 0 Å². The number of aromatic nitrogens is 1. The van der Waals surface area contributed by atoms with Crippen LogP contribution >= 0.6 is 0 Å². The number of carbonyl (C=O) groups excluding carboxylic acids is 3. The molecule has 9 nitrogen and oxygen atoms in total. The highest BCUT2D eigenvalue weighted by atomic mass is 16.5. The van der Waals surface area contributed by atoms with Gasteiger partial charge in [0.05, 0.1) is 18.5 Å². The van der Waals surface area contributed by atoms with E-state index in [1.165, 1.54) is 16.9 Å². The van der Waals surface area contributed by atoms with E-state index in [2.05, 4.69) is 4.98 Å². The van der Waals surface area contributed by atoms with Crippen LogP contribution in [0.4, 0.5) is 17.2 Å². The highest BCUT2D eigenvalue weighted by Gasteiger charge is 2.54. The molecule has 1 aliphatic heterocycles. The standard InChI is InChI=1S/C26H27N5O4/c1-16(2)26(25(28)34,17-11-13-18(35-3)14-12-17)31-20-9-5-4-8-19(20)30(21-10-6-7-15-29-21)23(32)22(27)24(31)33/h4-16,22H,27H2,1-3H3,(H2,28,34). The molecule has 0 aliphatic carbocycles. The largest absolute Gasteiger partial charge is 0.497 e. The average molecular weight is 474 g/mol. The highest BCUT2D eigenvalue weighted by Crippen LogP contribution is 2.46. The van der Waals surface area contributed by atoms with Crippen LogP contribution < -0.4 is 26.0 Å². The second kappa shape index (κ2) is 9.19. The number of carbonyl (C=O) groups is 3. The number of nitrogens with two attached hydrogens (primary N) is 2. The van der Waals surface area contributed by atoms with Crippen LogP contribution in [0, 0.1) is 5.92 Å². The lowest BCUT2D eigenvalue weighted by atomic mass is 9.76. The fourth-order valence-electron chi connectivity index (χ4n) is 4.65. The summed E-state index contributed by atoms with van der Waals surface area (Å²) in [7, 11) is 1.53. The number of pyridine rings is 1. The Labute approximate surface area is 203 Å². The molecule has 0 fully saturated rings. The Morgan fingerprint density at radius 2 is 1.60 bits per heavy atom. The number of hydrogen-bond donors (Lipinski definition) is 2. The van der Waals surface area contributed by atoms with E-state index in [0.717, 1.165) is 0 Å². The smallest absolute Gasteiger partial charge is 0.259 e. The number of fused-ring (bicyclic) bond motifs is 1. The molecule has 1 aliphatic rings. The summed E-state index contributed by atoms with van der Waals surface area (Å²) in [6.07, 6.45) is 1.54. The SMILES string of the molecule is COc1ccc(C(C(N)=O)(C(C)C)N2C(=O)C(N)C(=O)N(c3ccccn3)c3ccccc32)cc1. The normalized spacial score (nSPS) is 17.6. The molecule has 0 radical (unpaired) electrons. The Bertz CT molecular complexity index is 1260. The first-order chi connectivity index (χ1) is 16.7. The summed E-state index contributed by atoms with van der Waals surface area (Å²) in [5.41, 5.74) is 11.8. The number of nitrogens with zero attached hydrogens (tertiary/aromatic N) is 3. The summed E-state index contributed by atoms with van der Waals surface area (Å²) in [6.45, 7) is 3.58. The fraction of sp³-hybridized carbons (Fsp3) is 0.231. The van der Waals surface area contributed by atoms with Crippen molar-refractivity contribution >= 4 is 34.9 Å². The lowest BCUT2D eigenvalue weighted by molar-refractivity contribution is -0.133. The molecule has 0 spiro atoms. The zero-order valence-corrected chi connectivity index (χ0v) is 19.7. The summed E-state index contributed by atoms with van der Waals surface area (Å²) < 4.78 is 5.26. The van der Waals surface area contributed by atoms with Crippen LogP contribution in [-0.4, -0.2) is 35.9 Å². The van der Waals surface area contributed by atoms with E-state index in [-0.39, 0.29) is 0 Å². The minimum Gasteiger partial charge on any atom is -0.497 e. The van der Waals surface area contributed by atoms with Crippen LogP contribution in [0.3, 0.4) is 0 Å². The van der Waals surface area contributed by atoms with Gasteiger partial charge in [0.15, 0.2) is 11.6 Å². The molecule has 0 saturated heterocycles. The molecule has 9 heteroatoms. The van der Waals surface area contributed by atoms with E-state index in [4.69, 9.17) is 16.2 Å². The number of ether oxygens (including phenoxy) is 1. The third-order valence-electron chi connectivity index (χ3n) is 6.31. The number of para-hydroxylation sites is 2. The maximum absolute atomic E-state index is 13.9. The minimum absolute atomic E-state index is 0.300. The second-order valence-electron chi connectivity index (χ2n) is 8.52. The van der Waals surface area contributed by atoms with Crippen molar-refractivity contribution < 1.29 is 19.1 Å². The molecule has 35 heavy (non-hydrogen) atoms. The van der Waals surface area contributed by atoms with E-state index < -0.39 is 35.2 Å². The van der Waals surface area contributed by atoms with Gasteiger partial charge < -0.3 is 16.2 Å². The van der Waals surface area contributed by atoms with Crippen LogP contribution in [-0.2, 0) is 19.9 Å². The Kier molecular flexibility index (Phi) is 6.27. The van der Waals surface area contributed by atoms with Gasteiger partial charge in [-0.2, -0.15) is 0 Å². The van der Waals surface area contributed by atoms with Crippen molar-refractivity contribution in [3.63, 3.8) is 0 Å². The van der Waals surface area contributed by atoms with E-state index in [9.17, 15) is 14.4 Å². The number of primary amides is 1. The zero-order chi connectivity index (χ0) is 25.3. The second-order valence-corrected chi connectivity index (χ2v) is 8.52. The number of benzene rings is 2. The van der Waals surface area contributed by atoms with Crippen molar-refractivity contribution in [2.45, 2.75) is 25.4 Å². The maximum atomic E-state index is 13.9. The maximum Gasteiger partial charge on any atom is 0.259 e. The summed E-state index contributed by atoms with van der Waals surface area (Å²) in [6, 6.07) is 17.1. The molecule has 2 aromatic carbocycles. The van der Waals surface area contributed by atoms with Gasteiger partial charge in [-0.3, -0.25) is 24.2 Å². The van der Waals surface area contributed by atoms with Crippen LogP contribution in [0.15, 0.2) is 72.9 Å². The quantitative estimate of drug-likeness (QED) is 0.529. The van der Waals surface area contributed by atoms with Gasteiger partial charge in [-0.1, -0.05) is 44.2 Å². The van der Waals surface area contributed by atoms with E-state index >= 15 is 0 Å². The predicted molar refractivity (Wildman–Crippen MR) is 132 cm³/mol. The summed E-state index contributed by atoms with van der Waals surface area (Å²) in [5.74, 6) is -1.79. The average Bonchev–Trinajstić information content (AvgIpc) is 2.94. The topological polar surface area (TPSA) is 132 Å². The van der Waals surface area contributed by atoms with Crippen LogP contribution in [0.25, 0.3) is 0 Å². The van der Waals surface area contributed by atoms with Gasteiger partial charge >= 0.3 is 0 Å². The molecule has 2 unspecified atom stereocenters. The molecule has 180 valence electrons. The third kappa shape index (κ3) is 3.70. The van der Waals surface area contributed by atoms with E-state index in [1.807, 2.05) is 0 Å². The molecular formula is C26H27N5O4. The van der Waals surface area contributed by atoms with Gasteiger partial charge in [0.1, 0.15) is 11.6 Å². The van der Waals surface area contributed by atoms with Crippen molar-refractivity contribution in [2.24, 2.45) is 17.4 Å². The Morgan fingerprint density at radius 3 is 2.14 bits per heavy atom. The summed E-state index contributed by atoms with van der Waals surface area (Å²) in [5, 5.41) is 0. The van der Waals surface area contributed by atoms with Crippen LogP contribution in [0.1, 0.15) is 19.4 Å². The molecule has 2 heterocycles. The van der Waals surface area contributed by atoms with Gasteiger partial charge in [0, 0.05) is 6.20 Å². The first kappa shape index (κ1) is 23.9. The van der Waals surface area contributed by atoms with Crippen LogP contribution in [0.5, 0.6) is 5.75 Å². The molecule has 0 bridgehead atoms. The lowest BCUT2D eigenvalue weighted by Crippen LogP contribution is -2.64. The number of methoxy groups -OCH3 is 1.